The summed E-state index contributed by atoms with van der Waals surface area (Å²) in [5.74, 6) is -0.106. The summed E-state index contributed by atoms with van der Waals surface area (Å²) < 4.78 is 1.96. The topological polar surface area (TPSA) is 72.2 Å². The normalized spacial score (nSPS) is 10.7. The van der Waals surface area contributed by atoms with Gasteiger partial charge in [-0.25, -0.2) is 0 Å². The highest BCUT2D eigenvalue weighted by Gasteiger charge is 2.06. The van der Waals surface area contributed by atoms with Gasteiger partial charge in [0.1, 0.15) is 0 Å². The Bertz CT molecular complexity index is 798. The van der Waals surface area contributed by atoms with E-state index in [1.54, 1.807) is 0 Å². The van der Waals surface area contributed by atoms with Crippen molar-refractivity contribution in [3.8, 4) is 11.3 Å². The largest absolute Gasteiger partial charge is 0.326 e. The Morgan fingerprint density at radius 3 is 2.90 bits per heavy atom. The van der Waals surface area contributed by atoms with Crippen LogP contribution in [0, 0.1) is 0 Å². The lowest BCUT2D eigenvalue weighted by atomic mass is 10.1. The smallest absolute Gasteiger partial charge is 0.221 e. The molecule has 100 valence electrons. The lowest BCUT2D eigenvalue weighted by Crippen LogP contribution is -2.05. The van der Waals surface area contributed by atoms with E-state index in [4.69, 9.17) is 0 Å². The molecule has 1 N–H and O–H groups in total. The molecule has 0 saturated carbocycles. The van der Waals surface area contributed by atoms with Crippen LogP contribution in [0.2, 0.25) is 0 Å². The van der Waals surface area contributed by atoms with Crippen LogP contribution >= 0.6 is 15.9 Å². The first kappa shape index (κ1) is 12.7. The number of hydrogen-bond donors (Lipinski definition) is 1. The van der Waals surface area contributed by atoms with Crippen LogP contribution in [0.3, 0.4) is 0 Å². The number of rotatable bonds is 2. The number of halogens is 1. The second-order valence-corrected chi connectivity index (χ2v) is 4.92. The zero-order valence-corrected chi connectivity index (χ0v) is 12.1. The average Bonchev–Trinajstić information content (AvgIpc) is 2.77. The lowest BCUT2D eigenvalue weighted by molar-refractivity contribution is -0.114. The average molecular weight is 332 g/mol. The van der Waals surface area contributed by atoms with Crippen LogP contribution in [0.4, 0.5) is 5.69 Å². The minimum Gasteiger partial charge on any atom is -0.326 e. The van der Waals surface area contributed by atoms with Crippen LogP contribution in [0.15, 0.2) is 41.1 Å². The number of nitrogens with one attached hydrogen (secondary N) is 1. The molecule has 0 radical (unpaired) electrons. The van der Waals surface area contributed by atoms with Gasteiger partial charge < -0.3 is 5.32 Å². The maximum atomic E-state index is 11.1. The van der Waals surface area contributed by atoms with Gasteiger partial charge in [-0.15, -0.1) is 14.8 Å². The highest BCUT2D eigenvalue weighted by molar-refractivity contribution is 9.10. The second kappa shape index (κ2) is 5.01. The summed E-state index contributed by atoms with van der Waals surface area (Å²) in [6, 6.07) is 11.2. The Kier molecular flexibility index (Phi) is 3.19. The van der Waals surface area contributed by atoms with Gasteiger partial charge in [-0.3, -0.25) is 4.79 Å². The Morgan fingerprint density at radius 2 is 2.10 bits per heavy atom. The number of amides is 1. The molecule has 0 fully saturated rings. The third kappa shape index (κ3) is 2.53. The molecule has 7 heteroatoms. The molecule has 6 nitrogen and oxygen atoms in total. The number of carbonyl (C=O) groups is 1. The van der Waals surface area contributed by atoms with E-state index in [1.165, 1.54) is 11.6 Å². The molecule has 0 bridgehead atoms. The summed E-state index contributed by atoms with van der Waals surface area (Å²) in [7, 11) is 0. The molecule has 0 aliphatic rings. The predicted molar refractivity (Wildman–Crippen MR) is 78.2 cm³/mol. The van der Waals surface area contributed by atoms with E-state index < -0.39 is 0 Å². The van der Waals surface area contributed by atoms with Crippen molar-refractivity contribution in [1.29, 1.82) is 0 Å². The van der Waals surface area contributed by atoms with Crippen molar-refractivity contribution in [1.82, 2.24) is 19.8 Å². The molecule has 0 saturated heterocycles. The van der Waals surface area contributed by atoms with Crippen molar-refractivity contribution >= 4 is 33.2 Å². The lowest BCUT2D eigenvalue weighted by Gasteiger charge is -2.05. The summed E-state index contributed by atoms with van der Waals surface area (Å²) in [5.41, 5.74) is 3.04. The first-order valence-corrected chi connectivity index (χ1v) is 6.69. The van der Waals surface area contributed by atoms with Gasteiger partial charge in [-0.05, 0) is 40.2 Å². The fourth-order valence-corrected chi connectivity index (χ4v) is 2.20. The minimum absolute atomic E-state index is 0.106. The molecule has 0 spiro atoms. The van der Waals surface area contributed by atoms with Crippen molar-refractivity contribution in [3.05, 3.63) is 41.1 Å². The van der Waals surface area contributed by atoms with Gasteiger partial charge in [0, 0.05) is 18.2 Å². The molecular formula is C13H10BrN5O. The van der Waals surface area contributed by atoms with E-state index in [2.05, 4.69) is 36.4 Å². The van der Waals surface area contributed by atoms with Crippen LogP contribution in [0.25, 0.3) is 16.9 Å². The fourth-order valence-electron chi connectivity index (χ4n) is 1.87. The fraction of sp³-hybridized carbons (Fsp3) is 0.0769. The van der Waals surface area contributed by atoms with Crippen LogP contribution in [-0.4, -0.2) is 25.7 Å². The molecule has 0 unspecified atom stereocenters. The minimum atomic E-state index is -0.106. The molecule has 2 heterocycles. The Balaban J connectivity index is 2.03. The van der Waals surface area contributed by atoms with E-state index in [0.717, 1.165) is 16.9 Å². The van der Waals surface area contributed by atoms with Crippen molar-refractivity contribution in [3.63, 3.8) is 0 Å². The van der Waals surface area contributed by atoms with Crippen molar-refractivity contribution in [2.24, 2.45) is 0 Å². The Hall–Kier alpha value is -2.28. The predicted octanol–water partition coefficient (Wildman–Crippen LogP) is 2.51. The molecular weight excluding hydrogens is 322 g/mol. The third-order valence-corrected chi connectivity index (χ3v) is 3.00. The number of carbonyl (C=O) groups excluding carboxylic acids is 1. The SMILES string of the molecule is CC(=O)Nc1cccc(-c2ccc3nc(Br)nn3n2)c1. The summed E-state index contributed by atoms with van der Waals surface area (Å²) in [6.07, 6.45) is 0. The van der Waals surface area contributed by atoms with E-state index >= 15 is 0 Å². The molecule has 0 aliphatic heterocycles. The highest BCUT2D eigenvalue weighted by atomic mass is 79.9. The van der Waals surface area contributed by atoms with Crippen LogP contribution in [-0.2, 0) is 4.79 Å². The maximum Gasteiger partial charge on any atom is 0.221 e. The molecule has 1 aromatic carbocycles. The van der Waals surface area contributed by atoms with E-state index in [9.17, 15) is 4.79 Å². The summed E-state index contributed by atoms with van der Waals surface area (Å²) in [4.78, 5) is 15.2. The monoisotopic (exact) mass is 331 g/mol. The van der Waals surface area contributed by atoms with Gasteiger partial charge in [-0.2, -0.15) is 4.98 Å². The highest BCUT2D eigenvalue weighted by Crippen LogP contribution is 2.21. The van der Waals surface area contributed by atoms with Crippen LogP contribution < -0.4 is 5.32 Å². The van der Waals surface area contributed by atoms with E-state index in [0.29, 0.717) is 10.4 Å². The van der Waals surface area contributed by atoms with Gasteiger partial charge in [0.15, 0.2) is 5.65 Å². The third-order valence-electron chi connectivity index (χ3n) is 2.66. The number of benzene rings is 1. The molecule has 0 atom stereocenters. The number of anilines is 1. The Labute approximate surface area is 123 Å². The van der Waals surface area contributed by atoms with Gasteiger partial charge >= 0.3 is 0 Å². The second-order valence-electron chi connectivity index (χ2n) is 4.21. The first-order chi connectivity index (χ1) is 9.61. The quantitative estimate of drug-likeness (QED) is 0.783. The number of nitrogens with zero attached hydrogens (tertiary/aromatic N) is 4. The van der Waals surface area contributed by atoms with Gasteiger partial charge in [-0.1, -0.05) is 12.1 Å². The Morgan fingerprint density at radius 1 is 1.25 bits per heavy atom. The summed E-state index contributed by atoms with van der Waals surface area (Å²) in [6.45, 7) is 1.48. The molecule has 1 amide bonds. The van der Waals surface area contributed by atoms with Gasteiger partial charge in [0.2, 0.25) is 10.6 Å². The standard InChI is InChI=1S/C13H10BrN5O/c1-8(20)15-10-4-2-3-9(7-10)11-5-6-12-16-13(14)18-19(12)17-11/h2-7H,1H3,(H,15,20). The number of hydrogen-bond acceptors (Lipinski definition) is 4. The first-order valence-electron chi connectivity index (χ1n) is 5.89. The maximum absolute atomic E-state index is 11.1. The molecule has 2 aromatic heterocycles. The van der Waals surface area contributed by atoms with Gasteiger partial charge in [0.25, 0.3) is 0 Å². The molecule has 20 heavy (non-hydrogen) atoms. The van der Waals surface area contributed by atoms with Crippen molar-refractivity contribution < 1.29 is 4.79 Å². The molecule has 0 aliphatic carbocycles. The molecule has 3 rings (SSSR count). The zero-order chi connectivity index (χ0) is 14.1. The molecule has 3 aromatic rings. The van der Waals surface area contributed by atoms with Crippen LogP contribution in [0.5, 0.6) is 0 Å². The summed E-state index contributed by atoms with van der Waals surface area (Å²) in [5, 5.41) is 11.2. The van der Waals surface area contributed by atoms with Crippen molar-refractivity contribution in [2.75, 3.05) is 5.32 Å². The van der Waals surface area contributed by atoms with E-state index in [-0.39, 0.29) is 5.91 Å². The number of aromatic nitrogens is 4. The number of fused-ring (bicyclic) bond motifs is 1. The van der Waals surface area contributed by atoms with Gasteiger partial charge in [0.05, 0.1) is 5.69 Å². The van der Waals surface area contributed by atoms with E-state index in [1.807, 2.05) is 36.4 Å². The van der Waals surface area contributed by atoms with Crippen LogP contribution in [0.1, 0.15) is 6.92 Å². The summed E-state index contributed by atoms with van der Waals surface area (Å²) >= 11 is 3.21. The van der Waals surface area contributed by atoms with Crippen molar-refractivity contribution in [2.45, 2.75) is 6.92 Å². The zero-order valence-electron chi connectivity index (χ0n) is 10.5.